The van der Waals surface area contributed by atoms with Crippen molar-refractivity contribution in [2.45, 2.75) is 23.8 Å². The summed E-state index contributed by atoms with van der Waals surface area (Å²) in [6, 6.07) is 4.66. The molecular weight excluding hydrogens is 280 g/mol. The van der Waals surface area contributed by atoms with Crippen molar-refractivity contribution in [3.05, 3.63) is 18.2 Å². The highest BCUT2D eigenvalue weighted by Gasteiger charge is 2.29. The molecule has 1 fully saturated rings. The highest BCUT2D eigenvalue weighted by atomic mass is 32.2. The third kappa shape index (κ3) is 2.74. The van der Waals surface area contributed by atoms with Crippen molar-refractivity contribution in [2.75, 3.05) is 25.1 Å². The molecule has 7 heteroatoms. The lowest BCUT2D eigenvalue weighted by Gasteiger charge is -2.35. The standard InChI is InChI=1S/C13H18N2O4S/c14-20(16,17)10-1-2-11-12(7-10)19-13(8-15-11)9-3-5-18-6-4-9/h1-2,7,9,13,15H,3-6,8H2,(H2,14,16,17). The van der Waals surface area contributed by atoms with Gasteiger partial charge < -0.3 is 14.8 Å². The second-order valence-electron chi connectivity index (χ2n) is 5.19. The number of ether oxygens (including phenoxy) is 2. The highest BCUT2D eigenvalue weighted by molar-refractivity contribution is 7.89. The molecule has 1 saturated heterocycles. The Bertz CT molecular complexity index is 596. The minimum absolute atomic E-state index is 0.0436. The van der Waals surface area contributed by atoms with Gasteiger partial charge in [-0.1, -0.05) is 0 Å². The lowest BCUT2D eigenvalue weighted by atomic mass is 9.93. The van der Waals surface area contributed by atoms with E-state index in [9.17, 15) is 8.42 Å². The van der Waals surface area contributed by atoms with E-state index in [1.165, 1.54) is 12.1 Å². The van der Waals surface area contributed by atoms with E-state index in [4.69, 9.17) is 14.6 Å². The number of anilines is 1. The van der Waals surface area contributed by atoms with Crippen molar-refractivity contribution < 1.29 is 17.9 Å². The van der Waals surface area contributed by atoms with Crippen molar-refractivity contribution in [3.8, 4) is 5.75 Å². The molecule has 1 aromatic rings. The van der Waals surface area contributed by atoms with Crippen LogP contribution in [0.2, 0.25) is 0 Å². The average Bonchev–Trinajstić information content (AvgIpc) is 2.46. The van der Waals surface area contributed by atoms with Crippen LogP contribution in [-0.4, -0.2) is 34.3 Å². The summed E-state index contributed by atoms with van der Waals surface area (Å²) < 4.78 is 34.1. The van der Waals surface area contributed by atoms with Crippen LogP contribution in [-0.2, 0) is 14.8 Å². The maximum Gasteiger partial charge on any atom is 0.238 e. The molecule has 1 atom stereocenters. The molecule has 0 spiro atoms. The summed E-state index contributed by atoms with van der Waals surface area (Å²) in [5.74, 6) is 0.988. The van der Waals surface area contributed by atoms with Gasteiger partial charge in [-0.05, 0) is 25.0 Å². The zero-order chi connectivity index (χ0) is 14.2. The van der Waals surface area contributed by atoms with Crippen LogP contribution in [0.1, 0.15) is 12.8 Å². The summed E-state index contributed by atoms with van der Waals surface area (Å²) in [5.41, 5.74) is 0.806. The van der Waals surface area contributed by atoms with Gasteiger partial charge >= 0.3 is 0 Å². The summed E-state index contributed by atoms with van der Waals surface area (Å²) in [4.78, 5) is 0.0747. The van der Waals surface area contributed by atoms with Gasteiger partial charge in [0.05, 0.1) is 17.1 Å². The van der Waals surface area contributed by atoms with Gasteiger partial charge in [0.15, 0.2) is 0 Å². The molecule has 0 bridgehead atoms. The molecule has 3 N–H and O–H groups in total. The number of rotatable bonds is 2. The number of hydrogen-bond acceptors (Lipinski definition) is 5. The Morgan fingerprint density at radius 2 is 2.00 bits per heavy atom. The zero-order valence-corrected chi connectivity index (χ0v) is 11.9. The lowest BCUT2D eigenvalue weighted by molar-refractivity contribution is 0.0202. The third-order valence-corrected chi connectivity index (χ3v) is 4.76. The predicted octanol–water partition coefficient (Wildman–Crippen LogP) is 0.933. The van der Waals surface area contributed by atoms with Gasteiger partial charge in [0.1, 0.15) is 11.9 Å². The fraction of sp³-hybridized carbons (Fsp3) is 0.538. The molecule has 3 rings (SSSR count). The average molecular weight is 298 g/mol. The lowest BCUT2D eigenvalue weighted by Crippen LogP contribution is -2.39. The molecule has 2 heterocycles. The van der Waals surface area contributed by atoms with Crippen LogP contribution in [0.15, 0.2) is 23.1 Å². The molecule has 0 aromatic heterocycles. The van der Waals surface area contributed by atoms with Gasteiger partial charge in [0.2, 0.25) is 10.0 Å². The van der Waals surface area contributed by atoms with Crippen LogP contribution in [0.25, 0.3) is 0 Å². The minimum atomic E-state index is -3.71. The zero-order valence-electron chi connectivity index (χ0n) is 11.0. The van der Waals surface area contributed by atoms with Crippen molar-refractivity contribution in [2.24, 2.45) is 11.1 Å². The summed E-state index contributed by atoms with van der Waals surface area (Å²) >= 11 is 0. The van der Waals surface area contributed by atoms with E-state index in [-0.39, 0.29) is 11.0 Å². The second kappa shape index (κ2) is 5.23. The molecule has 0 aliphatic carbocycles. The molecule has 0 radical (unpaired) electrons. The van der Waals surface area contributed by atoms with Crippen molar-refractivity contribution in [1.29, 1.82) is 0 Å². The van der Waals surface area contributed by atoms with Gasteiger partial charge in [-0.15, -0.1) is 0 Å². The first kappa shape index (κ1) is 13.7. The van der Waals surface area contributed by atoms with Crippen LogP contribution in [0.3, 0.4) is 0 Å². The van der Waals surface area contributed by atoms with Crippen molar-refractivity contribution in [3.63, 3.8) is 0 Å². The van der Waals surface area contributed by atoms with Crippen LogP contribution >= 0.6 is 0 Å². The van der Waals surface area contributed by atoms with Crippen molar-refractivity contribution >= 4 is 15.7 Å². The van der Waals surface area contributed by atoms with Crippen molar-refractivity contribution in [1.82, 2.24) is 0 Å². The monoisotopic (exact) mass is 298 g/mol. The highest BCUT2D eigenvalue weighted by Crippen LogP contribution is 2.34. The fourth-order valence-corrected chi connectivity index (χ4v) is 3.22. The molecule has 1 aromatic carbocycles. The molecule has 110 valence electrons. The van der Waals surface area contributed by atoms with E-state index in [0.717, 1.165) is 38.3 Å². The smallest absolute Gasteiger partial charge is 0.238 e. The van der Waals surface area contributed by atoms with E-state index < -0.39 is 10.0 Å². The van der Waals surface area contributed by atoms with E-state index >= 15 is 0 Å². The minimum Gasteiger partial charge on any atom is -0.486 e. The topological polar surface area (TPSA) is 90.7 Å². The Morgan fingerprint density at radius 3 is 2.70 bits per heavy atom. The Labute approximate surface area is 118 Å². The third-order valence-electron chi connectivity index (χ3n) is 3.85. The van der Waals surface area contributed by atoms with E-state index in [1.54, 1.807) is 6.07 Å². The van der Waals surface area contributed by atoms with Crippen LogP contribution in [0, 0.1) is 5.92 Å². The second-order valence-corrected chi connectivity index (χ2v) is 6.75. The van der Waals surface area contributed by atoms with Gasteiger partial charge in [-0.3, -0.25) is 0 Å². The molecule has 2 aliphatic rings. The molecule has 2 aliphatic heterocycles. The summed E-state index contributed by atoms with van der Waals surface area (Å²) in [5, 5.41) is 8.43. The van der Waals surface area contributed by atoms with E-state index in [0.29, 0.717) is 11.7 Å². The van der Waals surface area contributed by atoms with Crippen LogP contribution in [0.5, 0.6) is 5.75 Å². The Morgan fingerprint density at radius 1 is 1.25 bits per heavy atom. The first-order chi connectivity index (χ1) is 9.54. The van der Waals surface area contributed by atoms with Gasteiger partial charge in [0.25, 0.3) is 0 Å². The first-order valence-corrected chi connectivity index (χ1v) is 8.24. The summed E-state index contributed by atoms with van der Waals surface area (Å²) in [7, 11) is -3.71. The largest absolute Gasteiger partial charge is 0.486 e. The maximum absolute atomic E-state index is 11.4. The fourth-order valence-electron chi connectivity index (χ4n) is 2.69. The molecule has 6 nitrogen and oxygen atoms in total. The molecule has 0 saturated carbocycles. The number of fused-ring (bicyclic) bond motifs is 1. The van der Waals surface area contributed by atoms with Gasteiger partial charge in [-0.2, -0.15) is 0 Å². The molecule has 1 unspecified atom stereocenters. The normalized spacial score (nSPS) is 23.6. The predicted molar refractivity (Wildman–Crippen MR) is 74.3 cm³/mol. The number of hydrogen-bond donors (Lipinski definition) is 2. The number of benzene rings is 1. The first-order valence-electron chi connectivity index (χ1n) is 6.69. The molecular formula is C13H18N2O4S. The number of nitrogens with two attached hydrogens (primary N) is 1. The molecule has 20 heavy (non-hydrogen) atoms. The Hall–Kier alpha value is -1.31. The number of primary sulfonamides is 1. The van der Waals surface area contributed by atoms with E-state index in [1.807, 2.05) is 0 Å². The SMILES string of the molecule is NS(=O)(=O)c1ccc2c(c1)OC(C1CCOCC1)CN2. The maximum atomic E-state index is 11.4. The van der Waals surface area contributed by atoms with E-state index in [2.05, 4.69) is 5.32 Å². The van der Waals surface area contributed by atoms with Crippen LogP contribution in [0.4, 0.5) is 5.69 Å². The number of sulfonamides is 1. The quantitative estimate of drug-likeness (QED) is 0.847. The van der Waals surface area contributed by atoms with Gasteiger partial charge in [0, 0.05) is 25.2 Å². The Kier molecular flexibility index (Phi) is 3.57. The summed E-state index contributed by atoms with van der Waals surface area (Å²) in [6.45, 7) is 2.25. The summed E-state index contributed by atoms with van der Waals surface area (Å²) in [6.07, 6.45) is 1.98. The molecule has 0 amide bonds. The van der Waals surface area contributed by atoms with Gasteiger partial charge in [-0.25, -0.2) is 13.6 Å². The number of nitrogens with one attached hydrogen (secondary N) is 1. The van der Waals surface area contributed by atoms with Crippen LogP contribution < -0.4 is 15.2 Å². The Balaban J connectivity index is 1.82.